The fourth-order valence-corrected chi connectivity index (χ4v) is 2.90. The van der Waals surface area contributed by atoms with Gasteiger partial charge >= 0.3 is 5.97 Å². The molecule has 0 spiro atoms. The molecule has 3 rings (SSSR count). The lowest BCUT2D eigenvalue weighted by Gasteiger charge is -2.32. The third-order valence-electron chi connectivity index (χ3n) is 4.39. The first kappa shape index (κ1) is 17.6. The minimum atomic E-state index is -1.13. The van der Waals surface area contributed by atoms with Gasteiger partial charge in [0.25, 0.3) is 11.6 Å². The van der Waals surface area contributed by atoms with E-state index in [1.165, 1.54) is 30.0 Å². The lowest BCUT2D eigenvalue weighted by atomic mass is 10.2. The van der Waals surface area contributed by atoms with Gasteiger partial charge in [-0.05, 0) is 25.8 Å². The molecule has 10 heteroatoms. The molecule has 1 aliphatic heterocycles. The number of nitrogens with zero attached hydrogens (tertiary/aromatic N) is 3. The summed E-state index contributed by atoms with van der Waals surface area (Å²) in [5, 5.41) is 20.2. The van der Waals surface area contributed by atoms with Crippen molar-refractivity contribution >= 4 is 29.2 Å². The standard InChI is InChI=1S/C16H17N3O7/c1-9(16(22)23)18(10-2-3-10)14(20)7-17-12-6-11(19(24)25)4-5-13(12)26-8-15(17)21/h4-6,9-10H,2-3,7-8H2,1H3,(H,22,23). The monoisotopic (exact) mass is 363 g/mol. The Labute approximate surface area is 148 Å². The third-order valence-corrected chi connectivity index (χ3v) is 4.39. The molecule has 2 amide bonds. The van der Waals surface area contributed by atoms with Gasteiger partial charge in [-0.3, -0.25) is 24.6 Å². The van der Waals surface area contributed by atoms with Gasteiger partial charge in [0.2, 0.25) is 5.91 Å². The Morgan fingerprint density at radius 1 is 1.46 bits per heavy atom. The molecule has 1 saturated carbocycles. The Kier molecular flexibility index (Phi) is 4.49. The van der Waals surface area contributed by atoms with Crippen LogP contribution in [0.15, 0.2) is 18.2 Å². The van der Waals surface area contributed by atoms with Crippen LogP contribution < -0.4 is 9.64 Å². The maximum atomic E-state index is 12.7. The maximum absolute atomic E-state index is 12.7. The maximum Gasteiger partial charge on any atom is 0.326 e. The van der Waals surface area contributed by atoms with Crippen molar-refractivity contribution in [3.05, 3.63) is 28.3 Å². The average Bonchev–Trinajstić information content (AvgIpc) is 3.41. The molecule has 0 radical (unpaired) electrons. The summed E-state index contributed by atoms with van der Waals surface area (Å²) in [6.07, 6.45) is 1.42. The van der Waals surface area contributed by atoms with Gasteiger partial charge in [0.05, 0.1) is 10.6 Å². The number of hydrogen-bond donors (Lipinski definition) is 1. The number of aliphatic carboxylic acids is 1. The molecule has 1 aromatic carbocycles. The van der Waals surface area contributed by atoms with E-state index >= 15 is 0 Å². The number of carboxylic acids is 1. The zero-order chi connectivity index (χ0) is 19.0. The zero-order valence-electron chi connectivity index (χ0n) is 14.0. The molecule has 1 fully saturated rings. The average molecular weight is 363 g/mol. The second-order valence-corrected chi connectivity index (χ2v) is 6.22. The lowest BCUT2D eigenvalue weighted by molar-refractivity contribution is -0.384. The summed E-state index contributed by atoms with van der Waals surface area (Å²) >= 11 is 0. The van der Waals surface area contributed by atoms with Crippen molar-refractivity contribution in [3.63, 3.8) is 0 Å². The van der Waals surface area contributed by atoms with Crippen LogP contribution >= 0.6 is 0 Å². The number of carbonyl (C=O) groups is 3. The van der Waals surface area contributed by atoms with Crippen molar-refractivity contribution in [3.8, 4) is 5.75 Å². The van der Waals surface area contributed by atoms with Gasteiger partial charge in [0, 0.05) is 18.2 Å². The fraction of sp³-hybridized carbons (Fsp3) is 0.438. The quantitative estimate of drug-likeness (QED) is 0.584. The number of benzene rings is 1. The minimum Gasteiger partial charge on any atom is -0.482 e. The van der Waals surface area contributed by atoms with Crippen LogP contribution in [-0.4, -0.2) is 57.9 Å². The number of ether oxygens (including phenoxy) is 1. The highest BCUT2D eigenvalue weighted by Crippen LogP contribution is 2.36. The molecule has 1 aromatic rings. The van der Waals surface area contributed by atoms with Gasteiger partial charge in [-0.2, -0.15) is 0 Å². The van der Waals surface area contributed by atoms with Crippen LogP contribution in [0.2, 0.25) is 0 Å². The van der Waals surface area contributed by atoms with E-state index in [2.05, 4.69) is 0 Å². The van der Waals surface area contributed by atoms with Crippen molar-refractivity contribution in [2.75, 3.05) is 18.1 Å². The van der Waals surface area contributed by atoms with E-state index in [0.29, 0.717) is 12.8 Å². The van der Waals surface area contributed by atoms with Gasteiger partial charge in [0.15, 0.2) is 6.61 Å². The number of amides is 2. The molecule has 138 valence electrons. The first-order valence-corrected chi connectivity index (χ1v) is 8.05. The molecule has 1 heterocycles. The van der Waals surface area contributed by atoms with Crippen LogP contribution in [0.3, 0.4) is 0 Å². The summed E-state index contributed by atoms with van der Waals surface area (Å²) in [4.78, 5) is 49.0. The fourth-order valence-electron chi connectivity index (χ4n) is 2.90. The first-order valence-electron chi connectivity index (χ1n) is 8.05. The van der Waals surface area contributed by atoms with Crippen LogP contribution in [0, 0.1) is 10.1 Å². The summed E-state index contributed by atoms with van der Waals surface area (Å²) in [7, 11) is 0. The molecule has 0 aromatic heterocycles. The number of carboxylic acid groups (broad SMARTS) is 1. The van der Waals surface area contributed by atoms with Crippen LogP contribution in [0.1, 0.15) is 19.8 Å². The van der Waals surface area contributed by atoms with Crippen LogP contribution in [0.25, 0.3) is 0 Å². The molecule has 10 nitrogen and oxygen atoms in total. The van der Waals surface area contributed by atoms with Gasteiger partial charge in [-0.15, -0.1) is 0 Å². The van der Waals surface area contributed by atoms with E-state index in [1.54, 1.807) is 0 Å². The summed E-state index contributed by atoms with van der Waals surface area (Å²) in [6, 6.07) is 2.61. The van der Waals surface area contributed by atoms with Crippen LogP contribution in [-0.2, 0) is 14.4 Å². The Morgan fingerprint density at radius 2 is 2.15 bits per heavy atom. The Morgan fingerprint density at radius 3 is 2.73 bits per heavy atom. The second kappa shape index (κ2) is 6.62. The molecular formula is C16H17N3O7. The summed E-state index contributed by atoms with van der Waals surface area (Å²) in [5.74, 6) is -1.91. The van der Waals surface area contributed by atoms with Crippen LogP contribution in [0.4, 0.5) is 11.4 Å². The predicted octanol–water partition coefficient (Wildman–Crippen LogP) is 0.784. The molecule has 1 unspecified atom stereocenters. The van der Waals surface area contributed by atoms with Crippen molar-refractivity contribution < 1.29 is 29.2 Å². The van der Waals surface area contributed by atoms with Gasteiger partial charge in [0.1, 0.15) is 18.3 Å². The lowest BCUT2D eigenvalue weighted by Crippen LogP contribution is -2.51. The first-order chi connectivity index (χ1) is 12.3. The highest BCUT2D eigenvalue weighted by molar-refractivity contribution is 6.03. The second-order valence-electron chi connectivity index (χ2n) is 6.22. The topological polar surface area (TPSA) is 130 Å². The SMILES string of the molecule is CC(C(=O)O)N(C(=O)CN1C(=O)COc2ccc([N+](=O)[O-])cc21)C1CC1. The molecule has 0 saturated heterocycles. The Hall–Kier alpha value is -3.17. The van der Waals surface area contributed by atoms with E-state index in [1.807, 2.05) is 0 Å². The molecule has 1 atom stereocenters. The number of nitro benzene ring substituents is 1. The number of non-ortho nitro benzene ring substituents is 1. The van der Waals surface area contributed by atoms with Crippen molar-refractivity contribution in [2.24, 2.45) is 0 Å². The highest BCUT2D eigenvalue weighted by Gasteiger charge is 2.40. The predicted molar refractivity (Wildman–Crippen MR) is 87.9 cm³/mol. The molecule has 26 heavy (non-hydrogen) atoms. The molecule has 1 aliphatic carbocycles. The van der Waals surface area contributed by atoms with E-state index in [0.717, 1.165) is 4.90 Å². The van der Waals surface area contributed by atoms with Crippen molar-refractivity contribution in [2.45, 2.75) is 31.8 Å². The molecule has 1 N–H and O–H groups in total. The normalized spacial score (nSPS) is 17.1. The number of fused-ring (bicyclic) bond motifs is 1. The van der Waals surface area contributed by atoms with Gasteiger partial charge in [-0.1, -0.05) is 0 Å². The molecule has 0 bridgehead atoms. The number of hydrogen-bond acceptors (Lipinski definition) is 6. The number of carbonyl (C=O) groups excluding carboxylic acids is 2. The largest absolute Gasteiger partial charge is 0.482 e. The highest BCUT2D eigenvalue weighted by atomic mass is 16.6. The Bertz CT molecular complexity index is 790. The van der Waals surface area contributed by atoms with Crippen molar-refractivity contribution in [1.29, 1.82) is 0 Å². The Balaban J connectivity index is 1.88. The van der Waals surface area contributed by atoms with E-state index in [4.69, 9.17) is 4.74 Å². The molecular weight excluding hydrogens is 346 g/mol. The molecule has 2 aliphatic rings. The van der Waals surface area contributed by atoms with E-state index in [9.17, 15) is 29.6 Å². The smallest absolute Gasteiger partial charge is 0.326 e. The summed E-state index contributed by atoms with van der Waals surface area (Å²) in [5.41, 5.74) is -0.111. The zero-order valence-corrected chi connectivity index (χ0v) is 14.0. The van der Waals surface area contributed by atoms with E-state index < -0.39 is 35.3 Å². The number of anilines is 1. The van der Waals surface area contributed by atoms with E-state index in [-0.39, 0.29) is 29.8 Å². The number of rotatable bonds is 6. The van der Waals surface area contributed by atoms with Crippen molar-refractivity contribution in [1.82, 2.24) is 4.90 Å². The van der Waals surface area contributed by atoms with Gasteiger partial charge < -0.3 is 14.7 Å². The third kappa shape index (κ3) is 3.30. The minimum absolute atomic E-state index is 0.127. The number of nitro groups is 1. The van der Waals surface area contributed by atoms with Crippen LogP contribution in [0.5, 0.6) is 5.75 Å². The van der Waals surface area contributed by atoms with Gasteiger partial charge in [-0.25, -0.2) is 4.79 Å². The summed E-state index contributed by atoms with van der Waals surface area (Å²) < 4.78 is 5.26. The summed E-state index contributed by atoms with van der Waals surface area (Å²) in [6.45, 7) is 0.721.